The summed E-state index contributed by atoms with van der Waals surface area (Å²) in [5.74, 6) is 0.147. The van der Waals surface area contributed by atoms with Crippen LogP contribution in [0.3, 0.4) is 0 Å². The number of anilines is 1. The minimum atomic E-state index is -0.217. The topological polar surface area (TPSA) is 109 Å². The van der Waals surface area contributed by atoms with Gasteiger partial charge in [0.15, 0.2) is 0 Å². The van der Waals surface area contributed by atoms with Gasteiger partial charge in [0.2, 0.25) is 5.91 Å². The van der Waals surface area contributed by atoms with Crippen molar-refractivity contribution in [1.29, 1.82) is 0 Å². The highest BCUT2D eigenvalue weighted by Gasteiger charge is 2.30. The summed E-state index contributed by atoms with van der Waals surface area (Å²) in [6.07, 6.45) is 5.78. The highest BCUT2D eigenvalue weighted by atomic mass is 32.2. The molecule has 0 aliphatic heterocycles. The van der Waals surface area contributed by atoms with E-state index in [9.17, 15) is 14.4 Å². The van der Waals surface area contributed by atoms with Gasteiger partial charge >= 0.3 is 0 Å². The van der Waals surface area contributed by atoms with Crippen LogP contribution in [-0.2, 0) is 11.2 Å². The number of hydrogen-bond donors (Lipinski definition) is 3. The number of carbonyl (C=O) groups is 2. The Hall–Kier alpha value is -3.37. The van der Waals surface area contributed by atoms with E-state index >= 15 is 0 Å². The van der Waals surface area contributed by atoms with Crippen LogP contribution in [0.1, 0.15) is 71.1 Å². The Balaban J connectivity index is 1.31. The number of para-hydroxylation sites is 1. The summed E-state index contributed by atoms with van der Waals surface area (Å²) in [5.41, 5.74) is 4.44. The first-order chi connectivity index (χ1) is 19.7. The monoisotopic (exact) mass is 591 g/mol. The fraction of sp³-hybridized carbons (Fsp3) is 0.419. The number of nitrogens with one attached hydrogen (secondary N) is 3. The molecule has 8 nitrogen and oxygen atoms in total. The molecule has 0 bridgehead atoms. The molecule has 1 fully saturated rings. The Morgan fingerprint density at radius 2 is 1.90 bits per heavy atom. The van der Waals surface area contributed by atoms with Crippen LogP contribution < -0.4 is 16.2 Å². The van der Waals surface area contributed by atoms with Gasteiger partial charge < -0.3 is 20.2 Å². The second-order valence-corrected chi connectivity index (χ2v) is 12.9. The average molecular weight is 592 g/mol. The Bertz CT molecular complexity index is 1650. The standard InChI is InChI=1S/C31H37N5O3S2/c1-17-14-27(40-5)24(30(38)32-17)15-28(37)35-29-19(3)36(26-9-7-6-8-23(26)29)18(2)21-10-12-22(13-11-21)34-31(39)25-16-41-20(4)33-25/h6-9,14,16,18,21-22H,10-13,15H2,1-5H3,(H,32,38)(H,34,39)(H,35,37). The third-order valence-electron chi connectivity index (χ3n) is 8.26. The number of benzene rings is 1. The van der Waals surface area contributed by atoms with E-state index < -0.39 is 0 Å². The smallest absolute Gasteiger partial charge is 0.270 e. The van der Waals surface area contributed by atoms with Crippen LogP contribution in [0, 0.1) is 26.7 Å². The zero-order valence-electron chi connectivity index (χ0n) is 24.2. The third-order valence-corrected chi connectivity index (χ3v) is 9.83. The Kier molecular flexibility index (Phi) is 8.70. The number of nitrogens with zero attached hydrogens (tertiary/aromatic N) is 2. The molecular weight excluding hydrogens is 555 g/mol. The van der Waals surface area contributed by atoms with Crippen molar-refractivity contribution in [3.8, 4) is 0 Å². The number of amides is 2. The Labute approximate surface area is 248 Å². The van der Waals surface area contributed by atoms with E-state index in [0.717, 1.165) is 63.6 Å². The highest BCUT2D eigenvalue weighted by molar-refractivity contribution is 7.98. The summed E-state index contributed by atoms with van der Waals surface area (Å²) in [6.45, 7) is 8.06. The average Bonchev–Trinajstić information content (AvgIpc) is 3.51. The lowest BCUT2D eigenvalue weighted by Gasteiger charge is -2.34. The van der Waals surface area contributed by atoms with E-state index in [1.165, 1.54) is 23.1 Å². The summed E-state index contributed by atoms with van der Waals surface area (Å²) in [6, 6.07) is 10.4. The van der Waals surface area contributed by atoms with E-state index in [0.29, 0.717) is 17.2 Å². The highest BCUT2D eigenvalue weighted by Crippen LogP contribution is 2.39. The van der Waals surface area contributed by atoms with E-state index in [1.54, 1.807) is 0 Å². The minimum Gasteiger partial charge on any atom is -0.348 e. The first-order valence-electron chi connectivity index (χ1n) is 14.1. The number of pyridine rings is 1. The van der Waals surface area contributed by atoms with Gasteiger partial charge in [0.25, 0.3) is 11.5 Å². The number of aromatic nitrogens is 3. The zero-order chi connectivity index (χ0) is 29.3. The normalized spacial score (nSPS) is 17.9. The quantitative estimate of drug-likeness (QED) is 0.213. The van der Waals surface area contributed by atoms with Gasteiger partial charge in [-0.25, -0.2) is 4.98 Å². The molecule has 0 saturated heterocycles. The maximum Gasteiger partial charge on any atom is 0.270 e. The number of aryl methyl sites for hydroxylation is 2. The van der Waals surface area contributed by atoms with Crippen LogP contribution in [0.25, 0.3) is 10.9 Å². The molecule has 1 aliphatic rings. The lowest BCUT2D eigenvalue weighted by molar-refractivity contribution is -0.115. The molecule has 1 saturated carbocycles. The second-order valence-electron chi connectivity index (χ2n) is 11.0. The molecule has 0 radical (unpaired) electrons. The predicted octanol–water partition coefficient (Wildman–Crippen LogP) is 6.16. The largest absolute Gasteiger partial charge is 0.348 e. The predicted molar refractivity (Wildman–Crippen MR) is 167 cm³/mol. The lowest BCUT2D eigenvalue weighted by Crippen LogP contribution is -2.38. The summed E-state index contributed by atoms with van der Waals surface area (Å²) in [4.78, 5) is 46.5. The van der Waals surface area contributed by atoms with Gasteiger partial charge in [-0.3, -0.25) is 14.4 Å². The van der Waals surface area contributed by atoms with E-state index in [1.807, 2.05) is 49.7 Å². The van der Waals surface area contributed by atoms with Crippen molar-refractivity contribution in [3.05, 3.63) is 73.7 Å². The van der Waals surface area contributed by atoms with E-state index in [2.05, 4.69) is 45.1 Å². The van der Waals surface area contributed by atoms with Gasteiger partial charge in [-0.05, 0) is 77.7 Å². The van der Waals surface area contributed by atoms with Gasteiger partial charge in [-0.1, -0.05) is 18.2 Å². The van der Waals surface area contributed by atoms with Crippen molar-refractivity contribution in [1.82, 2.24) is 19.9 Å². The number of H-pyrrole nitrogens is 1. The molecule has 2 amide bonds. The number of carbonyl (C=O) groups excluding carboxylic acids is 2. The summed E-state index contributed by atoms with van der Waals surface area (Å²) in [7, 11) is 0. The van der Waals surface area contributed by atoms with Crippen LogP contribution in [0.5, 0.6) is 0 Å². The number of thioether (sulfide) groups is 1. The molecule has 3 N–H and O–H groups in total. The van der Waals surface area contributed by atoms with Crippen molar-refractivity contribution < 1.29 is 9.59 Å². The fourth-order valence-corrected chi connectivity index (χ4v) is 7.44. The molecule has 10 heteroatoms. The van der Waals surface area contributed by atoms with Gasteiger partial charge in [-0.2, -0.15) is 0 Å². The molecule has 3 heterocycles. The van der Waals surface area contributed by atoms with E-state index in [-0.39, 0.29) is 35.9 Å². The van der Waals surface area contributed by atoms with Crippen LogP contribution >= 0.6 is 23.1 Å². The molecule has 1 atom stereocenters. The van der Waals surface area contributed by atoms with E-state index in [4.69, 9.17) is 0 Å². The molecule has 3 aromatic heterocycles. The number of rotatable bonds is 8. The van der Waals surface area contributed by atoms with Crippen LogP contribution in [-0.4, -0.2) is 38.6 Å². The molecule has 5 rings (SSSR count). The SMILES string of the molecule is CSc1cc(C)[nH]c(=O)c1CC(=O)Nc1c(C)n(C(C)C2CCC(NC(=O)c3csc(C)n3)CC2)c2ccccc12. The third kappa shape index (κ3) is 6.13. The molecule has 0 spiro atoms. The molecule has 1 aliphatic carbocycles. The minimum absolute atomic E-state index is 0.0104. The fourth-order valence-electron chi connectivity index (χ4n) is 6.14. The molecule has 1 unspecified atom stereocenters. The van der Waals surface area contributed by atoms with Crippen LogP contribution in [0.15, 0.2) is 45.4 Å². The van der Waals surface area contributed by atoms with Gasteiger partial charge in [0.05, 0.1) is 22.6 Å². The first kappa shape index (κ1) is 29.1. The number of fused-ring (bicyclic) bond motifs is 1. The lowest BCUT2D eigenvalue weighted by atomic mass is 9.81. The maximum absolute atomic E-state index is 13.3. The first-order valence-corrected chi connectivity index (χ1v) is 16.2. The number of hydrogen-bond acceptors (Lipinski definition) is 6. The Morgan fingerprint density at radius 1 is 1.17 bits per heavy atom. The number of thiazole rings is 1. The van der Waals surface area contributed by atoms with Crippen molar-refractivity contribution in [2.75, 3.05) is 11.6 Å². The van der Waals surface area contributed by atoms with Gasteiger partial charge in [0, 0.05) is 44.7 Å². The van der Waals surface area contributed by atoms with Crippen molar-refractivity contribution in [3.63, 3.8) is 0 Å². The maximum atomic E-state index is 13.3. The molecule has 216 valence electrons. The summed E-state index contributed by atoms with van der Waals surface area (Å²) < 4.78 is 2.35. The molecular formula is C31H37N5O3S2. The summed E-state index contributed by atoms with van der Waals surface area (Å²) >= 11 is 2.96. The molecule has 4 aromatic rings. The van der Waals surface area contributed by atoms with Crippen molar-refractivity contribution in [2.45, 2.75) is 76.8 Å². The van der Waals surface area contributed by atoms with Crippen LogP contribution in [0.2, 0.25) is 0 Å². The second kappa shape index (κ2) is 12.2. The van der Waals surface area contributed by atoms with Crippen molar-refractivity contribution >= 4 is 51.5 Å². The zero-order valence-corrected chi connectivity index (χ0v) is 25.8. The van der Waals surface area contributed by atoms with Gasteiger partial charge in [0.1, 0.15) is 5.69 Å². The molecule has 1 aromatic carbocycles. The molecule has 41 heavy (non-hydrogen) atoms. The summed E-state index contributed by atoms with van der Waals surface area (Å²) in [5, 5.41) is 10.0. The van der Waals surface area contributed by atoms with Crippen LogP contribution in [0.4, 0.5) is 5.69 Å². The van der Waals surface area contributed by atoms with Gasteiger partial charge in [-0.15, -0.1) is 23.1 Å². The van der Waals surface area contributed by atoms with Crippen molar-refractivity contribution in [2.24, 2.45) is 5.92 Å². The Morgan fingerprint density at radius 3 is 2.59 bits per heavy atom. The number of aromatic amines is 1.